The highest BCUT2D eigenvalue weighted by atomic mass is 32.2. The summed E-state index contributed by atoms with van der Waals surface area (Å²) in [6, 6.07) is 6.13. The first-order valence-electron chi connectivity index (χ1n) is 13.2. The normalized spacial score (nSPS) is 20.9. The van der Waals surface area contributed by atoms with Crippen molar-refractivity contribution in [1.82, 2.24) is 33.8 Å². The Balaban J connectivity index is 1.16. The first kappa shape index (κ1) is 24.0. The highest BCUT2D eigenvalue weighted by Gasteiger charge is 2.45. The molecule has 38 heavy (non-hydrogen) atoms. The van der Waals surface area contributed by atoms with E-state index in [0.717, 1.165) is 84.9 Å². The second kappa shape index (κ2) is 9.01. The van der Waals surface area contributed by atoms with E-state index in [1.54, 1.807) is 4.31 Å². The molecule has 4 aromatic rings. The van der Waals surface area contributed by atoms with Crippen molar-refractivity contribution in [3.63, 3.8) is 0 Å². The van der Waals surface area contributed by atoms with Gasteiger partial charge < -0.3 is 14.0 Å². The molecule has 200 valence electrons. The van der Waals surface area contributed by atoms with Crippen LogP contribution < -0.4 is 4.90 Å². The van der Waals surface area contributed by atoms with Crippen molar-refractivity contribution in [2.75, 3.05) is 63.6 Å². The first-order chi connectivity index (χ1) is 18.4. The minimum absolute atomic E-state index is 0.233. The summed E-state index contributed by atoms with van der Waals surface area (Å²) in [4.78, 5) is 14.9. The van der Waals surface area contributed by atoms with Gasteiger partial charge >= 0.3 is 0 Å². The SMILES string of the molecule is CS(=O)(=O)N1CCC2(CC1)CN(Cc1cn3cc(-c4cccc5[nH]ncc45)nc(N4CCOCC4)c3n1)C2. The van der Waals surface area contributed by atoms with E-state index in [4.69, 9.17) is 14.7 Å². The number of ether oxygens (including phenoxy) is 1. The number of H-pyrrole nitrogens is 1. The summed E-state index contributed by atoms with van der Waals surface area (Å²) in [5, 5.41) is 8.33. The van der Waals surface area contributed by atoms with Gasteiger partial charge in [0.2, 0.25) is 10.0 Å². The molecule has 3 aliphatic rings. The van der Waals surface area contributed by atoms with E-state index < -0.39 is 10.0 Å². The van der Waals surface area contributed by atoms with Gasteiger partial charge in [0, 0.05) is 69.2 Å². The summed E-state index contributed by atoms with van der Waals surface area (Å²) in [5.41, 5.74) is 5.02. The highest BCUT2D eigenvalue weighted by Crippen LogP contribution is 2.41. The van der Waals surface area contributed by atoms with Crippen LogP contribution in [0.4, 0.5) is 5.82 Å². The number of likely N-dealkylation sites (tertiary alicyclic amines) is 1. The molecule has 11 nitrogen and oxygen atoms in total. The Morgan fingerprint density at radius 2 is 1.84 bits per heavy atom. The Labute approximate surface area is 221 Å². The van der Waals surface area contributed by atoms with Crippen LogP contribution in [-0.4, -0.2) is 101 Å². The molecule has 12 heteroatoms. The van der Waals surface area contributed by atoms with Gasteiger partial charge in [0.15, 0.2) is 11.5 Å². The number of aromatic amines is 1. The Hall–Kier alpha value is -3.06. The number of piperidine rings is 1. The molecule has 0 aliphatic carbocycles. The van der Waals surface area contributed by atoms with Crippen LogP contribution in [0.3, 0.4) is 0 Å². The second-order valence-electron chi connectivity index (χ2n) is 11.0. The van der Waals surface area contributed by atoms with E-state index in [1.165, 1.54) is 6.26 Å². The van der Waals surface area contributed by atoms with Gasteiger partial charge in [0.05, 0.1) is 42.6 Å². The third-order valence-electron chi connectivity index (χ3n) is 8.30. The lowest BCUT2D eigenvalue weighted by Gasteiger charge is -2.53. The molecule has 0 radical (unpaired) electrons. The summed E-state index contributed by atoms with van der Waals surface area (Å²) in [7, 11) is -3.10. The zero-order valence-corrected chi connectivity index (χ0v) is 22.3. The lowest BCUT2D eigenvalue weighted by molar-refractivity contribution is -0.0399. The molecule has 3 aromatic heterocycles. The predicted molar refractivity (Wildman–Crippen MR) is 144 cm³/mol. The molecule has 1 spiro atoms. The van der Waals surface area contributed by atoms with Crippen molar-refractivity contribution in [2.45, 2.75) is 19.4 Å². The van der Waals surface area contributed by atoms with E-state index in [9.17, 15) is 8.42 Å². The zero-order valence-electron chi connectivity index (χ0n) is 21.5. The number of imidazole rings is 1. The number of anilines is 1. The summed E-state index contributed by atoms with van der Waals surface area (Å²) in [5.74, 6) is 0.880. The largest absolute Gasteiger partial charge is 0.378 e. The van der Waals surface area contributed by atoms with Crippen LogP contribution in [0.15, 0.2) is 36.8 Å². The van der Waals surface area contributed by atoms with E-state index in [1.807, 2.05) is 18.3 Å². The molecule has 6 heterocycles. The number of rotatable bonds is 5. The van der Waals surface area contributed by atoms with Crippen molar-refractivity contribution in [1.29, 1.82) is 0 Å². The maximum atomic E-state index is 11.9. The third kappa shape index (κ3) is 4.25. The van der Waals surface area contributed by atoms with Crippen LogP contribution in [0.5, 0.6) is 0 Å². The van der Waals surface area contributed by atoms with Gasteiger partial charge in [0.1, 0.15) is 0 Å². The summed E-state index contributed by atoms with van der Waals surface area (Å²) < 4.78 is 33.1. The summed E-state index contributed by atoms with van der Waals surface area (Å²) >= 11 is 0. The number of nitrogens with one attached hydrogen (secondary N) is 1. The lowest BCUT2D eigenvalue weighted by atomic mass is 9.72. The van der Waals surface area contributed by atoms with Gasteiger partial charge in [-0.15, -0.1) is 0 Å². The predicted octanol–water partition coefficient (Wildman–Crippen LogP) is 1.97. The third-order valence-corrected chi connectivity index (χ3v) is 9.60. The number of nitrogens with zero attached hydrogens (tertiary/aromatic N) is 7. The number of fused-ring (bicyclic) bond motifs is 2. The van der Waals surface area contributed by atoms with Crippen molar-refractivity contribution >= 4 is 32.4 Å². The van der Waals surface area contributed by atoms with Crippen molar-refractivity contribution in [2.24, 2.45) is 5.41 Å². The highest BCUT2D eigenvalue weighted by molar-refractivity contribution is 7.88. The number of morpholine rings is 1. The molecular formula is C26H32N8O3S. The monoisotopic (exact) mass is 536 g/mol. The van der Waals surface area contributed by atoms with Gasteiger partial charge in [-0.05, 0) is 24.3 Å². The van der Waals surface area contributed by atoms with Crippen LogP contribution in [-0.2, 0) is 21.3 Å². The molecule has 3 saturated heterocycles. The maximum absolute atomic E-state index is 11.9. The van der Waals surface area contributed by atoms with Crippen LogP contribution in [0.25, 0.3) is 27.8 Å². The van der Waals surface area contributed by atoms with Gasteiger partial charge in [-0.25, -0.2) is 22.7 Å². The van der Waals surface area contributed by atoms with Crippen LogP contribution in [0.1, 0.15) is 18.5 Å². The average molecular weight is 537 g/mol. The molecule has 3 aliphatic heterocycles. The maximum Gasteiger partial charge on any atom is 0.211 e. The number of sulfonamides is 1. The molecule has 0 bridgehead atoms. The van der Waals surface area contributed by atoms with Gasteiger partial charge in [-0.1, -0.05) is 12.1 Å². The average Bonchev–Trinajstić information content (AvgIpc) is 3.54. The van der Waals surface area contributed by atoms with Crippen LogP contribution in [0, 0.1) is 5.41 Å². The number of hydrogen-bond acceptors (Lipinski definition) is 8. The molecule has 7 rings (SSSR count). The van der Waals surface area contributed by atoms with Crippen LogP contribution >= 0.6 is 0 Å². The van der Waals surface area contributed by atoms with Crippen molar-refractivity contribution in [3.05, 3.63) is 42.5 Å². The topological polar surface area (TPSA) is 112 Å². The Bertz CT molecular complexity index is 1590. The fraction of sp³-hybridized carbons (Fsp3) is 0.500. The van der Waals surface area contributed by atoms with Gasteiger partial charge in [0.25, 0.3) is 0 Å². The standard InChI is InChI=1S/C26H32N8O3S/c1-38(35,36)34-7-5-26(6-8-34)17-31(18-26)14-19-15-33-16-23(20-3-2-4-22-21(20)13-27-30-22)29-25(24(33)28-19)32-9-11-37-12-10-32/h2-4,13,15-16H,5-12,14,17-18H2,1H3,(H,27,30). The van der Waals surface area contributed by atoms with E-state index in [0.29, 0.717) is 26.3 Å². The molecule has 0 amide bonds. The minimum Gasteiger partial charge on any atom is -0.378 e. The molecular weight excluding hydrogens is 504 g/mol. The second-order valence-corrected chi connectivity index (χ2v) is 12.9. The lowest BCUT2D eigenvalue weighted by Crippen LogP contribution is -2.60. The summed E-state index contributed by atoms with van der Waals surface area (Å²) in [6.45, 7) is 6.91. The molecule has 3 fully saturated rings. The minimum atomic E-state index is -3.10. The van der Waals surface area contributed by atoms with E-state index in [-0.39, 0.29) is 5.41 Å². The quantitative estimate of drug-likeness (QED) is 0.412. The Morgan fingerprint density at radius 1 is 1.05 bits per heavy atom. The number of aromatic nitrogens is 5. The Kier molecular flexibility index (Phi) is 5.69. The van der Waals surface area contributed by atoms with Crippen molar-refractivity contribution in [3.8, 4) is 11.3 Å². The van der Waals surface area contributed by atoms with E-state index in [2.05, 4.69) is 42.9 Å². The molecule has 0 unspecified atom stereocenters. The number of hydrogen-bond donors (Lipinski definition) is 1. The first-order valence-corrected chi connectivity index (χ1v) is 15.0. The van der Waals surface area contributed by atoms with Gasteiger partial charge in [-0.2, -0.15) is 5.10 Å². The molecule has 1 N–H and O–H groups in total. The number of benzene rings is 1. The van der Waals surface area contributed by atoms with Crippen molar-refractivity contribution < 1.29 is 13.2 Å². The Morgan fingerprint density at radius 3 is 2.61 bits per heavy atom. The fourth-order valence-corrected chi connectivity index (χ4v) is 7.12. The van der Waals surface area contributed by atoms with Crippen LogP contribution in [0.2, 0.25) is 0 Å². The summed E-state index contributed by atoms with van der Waals surface area (Å²) in [6.07, 6.45) is 9.20. The molecule has 0 atom stereocenters. The molecule has 0 saturated carbocycles. The zero-order chi connectivity index (χ0) is 25.9. The smallest absolute Gasteiger partial charge is 0.211 e. The van der Waals surface area contributed by atoms with Gasteiger partial charge in [-0.3, -0.25) is 10.00 Å². The molecule has 1 aromatic carbocycles. The fourth-order valence-electron chi connectivity index (χ4n) is 6.27. The van der Waals surface area contributed by atoms with E-state index >= 15 is 0 Å².